The number of methoxy groups -OCH3 is 1. The molecule has 1 unspecified atom stereocenters. The molecule has 1 atom stereocenters. The van der Waals surface area contributed by atoms with Gasteiger partial charge in [-0.15, -0.1) is 0 Å². The number of amides is 2. The molecule has 1 aliphatic heterocycles. The second kappa shape index (κ2) is 10.5. The number of anilines is 1. The van der Waals surface area contributed by atoms with E-state index < -0.39 is 64.1 Å². The zero-order chi connectivity index (χ0) is 28.5. The van der Waals surface area contributed by atoms with Gasteiger partial charge in [0.2, 0.25) is 5.41 Å². The Morgan fingerprint density at radius 2 is 1.66 bits per heavy atom. The zero-order valence-corrected chi connectivity index (χ0v) is 20.3. The lowest BCUT2D eigenvalue weighted by molar-refractivity contribution is -0.164. The van der Waals surface area contributed by atoms with Gasteiger partial charge in [0, 0.05) is 11.3 Å². The third kappa shape index (κ3) is 5.54. The standard InChI is InChI=1S/C23H18ClF6N3O5/c1-3-38-19(35)21(18(34)37-2)11-33(20(36)31-14-7-5-13(6-8-14)22(25,26)27)32-17(21)12-4-9-15(16(24)10-12)23(28,29)30/h4-10H,3,11H2,1-2H3,(H,31,36). The monoisotopic (exact) mass is 565 g/mol. The van der Waals surface area contributed by atoms with E-state index in [1.165, 1.54) is 6.92 Å². The smallest absolute Gasteiger partial charge is 0.417 e. The molecule has 0 aliphatic carbocycles. The summed E-state index contributed by atoms with van der Waals surface area (Å²) in [6.07, 6.45) is -9.42. The highest BCUT2D eigenvalue weighted by Gasteiger charge is 2.59. The molecule has 1 N–H and O–H groups in total. The first-order valence-corrected chi connectivity index (χ1v) is 11.0. The topological polar surface area (TPSA) is 97.3 Å². The van der Waals surface area contributed by atoms with Crippen LogP contribution in [0.1, 0.15) is 23.6 Å². The lowest BCUT2D eigenvalue weighted by atomic mass is 9.80. The van der Waals surface area contributed by atoms with Crippen molar-refractivity contribution in [3.05, 3.63) is 64.2 Å². The Kier molecular flexibility index (Phi) is 7.96. The number of hydrogen-bond donors (Lipinski definition) is 1. The number of hydrazone groups is 1. The van der Waals surface area contributed by atoms with Gasteiger partial charge in [0.15, 0.2) is 0 Å². The largest absolute Gasteiger partial charge is 0.468 e. The summed E-state index contributed by atoms with van der Waals surface area (Å²) in [6, 6.07) is 4.63. The molecule has 0 bridgehead atoms. The Bertz CT molecular complexity index is 1280. The van der Waals surface area contributed by atoms with Gasteiger partial charge in [0.1, 0.15) is 0 Å². The molecule has 0 saturated carbocycles. The van der Waals surface area contributed by atoms with E-state index in [9.17, 15) is 40.7 Å². The van der Waals surface area contributed by atoms with E-state index in [0.29, 0.717) is 11.1 Å². The molecule has 2 amide bonds. The lowest BCUT2D eigenvalue weighted by Gasteiger charge is -2.26. The van der Waals surface area contributed by atoms with E-state index in [1.807, 2.05) is 0 Å². The number of urea groups is 1. The Balaban J connectivity index is 2.06. The van der Waals surface area contributed by atoms with E-state index >= 15 is 0 Å². The first-order valence-electron chi connectivity index (χ1n) is 10.6. The van der Waals surface area contributed by atoms with E-state index in [2.05, 4.69) is 10.4 Å². The van der Waals surface area contributed by atoms with Gasteiger partial charge in [-0.05, 0) is 43.3 Å². The number of ether oxygens (including phenoxy) is 2. The second-order valence-corrected chi connectivity index (χ2v) is 8.23. The SMILES string of the molecule is CCOC(=O)C1(C(=O)OC)CN(C(=O)Nc2ccc(C(F)(F)F)cc2)N=C1c1ccc(C(F)(F)F)c(Cl)c1. The minimum Gasteiger partial charge on any atom is -0.468 e. The van der Waals surface area contributed by atoms with Gasteiger partial charge in [-0.1, -0.05) is 17.7 Å². The highest BCUT2D eigenvalue weighted by Crippen LogP contribution is 2.39. The lowest BCUT2D eigenvalue weighted by Crippen LogP contribution is -2.51. The first-order chi connectivity index (χ1) is 17.6. The molecule has 3 rings (SSSR count). The Morgan fingerprint density at radius 3 is 2.16 bits per heavy atom. The Labute approximate surface area is 216 Å². The van der Waals surface area contributed by atoms with Gasteiger partial charge in [-0.25, -0.2) is 9.80 Å². The van der Waals surface area contributed by atoms with Gasteiger partial charge in [0.25, 0.3) is 0 Å². The number of alkyl halides is 6. The van der Waals surface area contributed by atoms with E-state index in [1.54, 1.807) is 0 Å². The van der Waals surface area contributed by atoms with Crippen molar-refractivity contribution in [2.24, 2.45) is 10.5 Å². The number of esters is 2. The first kappa shape index (κ1) is 28.8. The summed E-state index contributed by atoms with van der Waals surface area (Å²) >= 11 is 5.81. The maximum absolute atomic E-state index is 13.2. The molecule has 38 heavy (non-hydrogen) atoms. The van der Waals surface area contributed by atoms with Crippen LogP contribution in [0.5, 0.6) is 0 Å². The molecule has 0 spiro atoms. The molecule has 204 valence electrons. The van der Waals surface area contributed by atoms with Crippen LogP contribution < -0.4 is 5.32 Å². The Morgan fingerprint density at radius 1 is 1.03 bits per heavy atom. The van der Waals surface area contributed by atoms with Crippen molar-refractivity contribution in [3.63, 3.8) is 0 Å². The summed E-state index contributed by atoms with van der Waals surface area (Å²) in [5.41, 5.74) is -5.36. The van der Waals surface area contributed by atoms with Crippen LogP contribution in [0.25, 0.3) is 0 Å². The Hall–Kier alpha value is -3.81. The van der Waals surface area contributed by atoms with Gasteiger partial charge in [-0.3, -0.25) is 9.59 Å². The molecule has 0 saturated heterocycles. The molecular formula is C23H18ClF6N3O5. The van der Waals surface area contributed by atoms with Crippen LogP contribution in [0, 0.1) is 5.41 Å². The summed E-state index contributed by atoms with van der Waals surface area (Å²) in [6.45, 7) is 0.425. The number of benzene rings is 2. The van der Waals surface area contributed by atoms with Crippen LogP contribution in [0.15, 0.2) is 47.6 Å². The molecular weight excluding hydrogens is 548 g/mol. The normalized spacial score (nSPS) is 17.6. The van der Waals surface area contributed by atoms with Crippen molar-refractivity contribution in [1.82, 2.24) is 5.01 Å². The van der Waals surface area contributed by atoms with Crippen LogP contribution >= 0.6 is 11.6 Å². The molecule has 1 aliphatic rings. The number of nitrogens with zero attached hydrogens (tertiary/aromatic N) is 2. The number of carbonyl (C=O) groups excluding carboxylic acids is 3. The minimum atomic E-state index is -4.80. The van der Waals surface area contributed by atoms with Crippen molar-refractivity contribution in [1.29, 1.82) is 0 Å². The van der Waals surface area contributed by atoms with Crippen LogP contribution in [0.3, 0.4) is 0 Å². The molecule has 0 fully saturated rings. The summed E-state index contributed by atoms with van der Waals surface area (Å²) in [5.74, 6) is -2.43. The van der Waals surface area contributed by atoms with Crippen LogP contribution in [0.4, 0.5) is 36.8 Å². The van der Waals surface area contributed by atoms with Crippen molar-refractivity contribution >= 4 is 41.0 Å². The maximum Gasteiger partial charge on any atom is 0.417 e. The van der Waals surface area contributed by atoms with Crippen LogP contribution in [-0.4, -0.2) is 49.0 Å². The third-order valence-electron chi connectivity index (χ3n) is 5.42. The molecule has 0 aromatic heterocycles. The number of hydrogen-bond acceptors (Lipinski definition) is 6. The molecule has 2 aromatic rings. The average molecular weight is 566 g/mol. The minimum absolute atomic E-state index is 0.0796. The fourth-order valence-electron chi connectivity index (χ4n) is 3.62. The van der Waals surface area contributed by atoms with Gasteiger partial charge in [-0.2, -0.15) is 31.4 Å². The highest BCUT2D eigenvalue weighted by molar-refractivity contribution is 6.33. The summed E-state index contributed by atoms with van der Waals surface area (Å²) in [4.78, 5) is 38.9. The third-order valence-corrected chi connectivity index (χ3v) is 5.73. The molecule has 8 nitrogen and oxygen atoms in total. The van der Waals surface area contributed by atoms with Crippen molar-refractivity contribution < 1.29 is 50.2 Å². The predicted octanol–water partition coefficient (Wildman–Crippen LogP) is 5.35. The second-order valence-electron chi connectivity index (χ2n) is 7.82. The molecule has 2 aromatic carbocycles. The van der Waals surface area contributed by atoms with Gasteiger partial charge < -0.3 is 14.8 Å². The van der Waals surface area contributed by atoms with E-state index in [-0.39, 0.29) is 17.9 Å². The zero-order valence-electron chi connectivity index (χ0n) is 19.5. The number of halogens is 7. The van der Waals surface area contributed by atoms with Crippen molar-refractivity contribution in [2.75, 3.05) is 25.6 Å². The van der Waals surface area contributed by atoms with Gasteiger partial charge in [0.05, 0.1) is 42.1 Å². The molecule has 1 heterocycles. The summed E-state index contributed by atoms with van der Waals surface area (Å²) in [7, 11) is 0.936. The van der Waals surface area contributed by atoms with Gasteiger partial charge >= 0.3 is 30.3 Å². The number of rotatable bonds is 5. The van der Waals surface area contributed by atoms with Crippen LogP contribution in [-0.2, 0) is 31.4 Å². The van der Waals surface area contributed by atoms with Crippen molar-refractivity contribution in [3.8, 4) is 0 Å². The molecule has 0 radical (unpaired) electrons. The predicted molar refractivity (Wildman–Crippen MR) is 121 cm³/mol. The fourth-order valence-corrected chi connectivity index (χ4v) is 3.91. The summed E-state index contributed by atoms with van der Waals surface area (Å²) in [5, 5.41) is 6.09. The number of nitrogens with one attached hydrogen (secondary N) is 1. The van der Waals surface area contributed by atoms with E-state index in [0.717, 1.165) is 43.5 Å². The quantitative estimate of drug-likeness (QED) is 0.299. The average Bonchev–Trinajstić information content (AvgIpc) is 3.25. The summed E-state index contributed by atoms with van der Waals surface area (Å²) < 4.78 is 87.8. The highest BCUT2D eigenvalue weighted by atomic mass is 35.5. The van der Waals surface area contributed by atoms with Crippen LogP contribution in [0.2, 0.25) is 5.02 Å². The maximum atomic E-state index is 13.2. The van der Waals surface area contributed by atoms with E-state index in [4.69, 9.17) is 21.1 Å². The number of carbonyl (C=O) groups is 3. The van der Waals surface area contributed by atoms with Crippen molar-refractivity contribution in [2.45, 2.75) is 19.3 Å². The fraction of sp³-hybridized carbons (Fsp3) is 0.304. The molecule has 15 heteroatoms.